The summed E-state index contributed by atoms with van der Waals surface area (Å²) >= 11 is 12.2. The van der Waals surface area contributed by atoms with Crippen molar-refractivity contribution in [2.24, 2.45) is 0 Å². The molecule has 0 atom stereocenters. The van der Waals surface area contributed by atoms with Gasteiger partial charge in [0.05, 0.1) is 21.1 Å². The Morgan fingerprint density at radius 1 is 1.00 bits per heavy atom. The molecule has 0 bridgehead atoms. The van der Waals surface area contributed by atoms with Crippen LogP contribution >= 0.6 is 23.2 Å². The highest BCUT2D eigenvalue weighted by Crippen LogP contribution is 2.31. The molecule has 0 radical (unpaired) electrons. The van der Waals surface area contributed by atoms with Crippen LogP contribution in [-0.2, 0) is 4.74 Å². The van der Waals surface area contributed by atoms with E-state index in [2.05, 4.69) is 9.88 Å². The molecule has 0 saturated carbocycles. The van der Waals surface area contributed by atoms with Crippen molar-refractivity contribution in [3.05, 3.63) is 32.7 Å². The lowest BCUT2D eigenvalue weighted by molar-refractivity contribution is 0.0220. The monoisotopic (exact) mass is 369 g/mol. The Labute approximate surface area is 150 Å². The van der Waals surface area contributed by atoms with Gasteiger partial charge in [0.2, 0.25) is 0 Å². The molecule has 0 aliphatic carbocycles. The fourth-order valence-corrected chi connectivity index (χ4v) is 4.36. The van der Waals surface area contributed by atoms with Crippen LogP contribution in [0, 0.1) is 0 Å². The summed E-state index contributed by atoms with van der Waals surface area (Å²) in [5, 5.41) is 0.948. The number of hydrogen-bond donors (Lipinski definition) is 1. The molecule has 3 heterocycles. The average molecular weight is 370 g/mol. The SMILES string of the molecule is O=c1[nH]c2cc(Cl)c(Cl)cc2n1C1CCN(C2CCOCC2)CC1. The van der Waals surface area contributed by atoms with Crippen molar-refractivity contribution in [2.75, 3.05) is 26.3 Å². The van der Waals surface area contributed by atoms with Crippen LogP contribution in [0.2, 0.25) is 10.0 Å². The Bertz CT molecular complexity index is 787. The van der Waals surface area contributed by atoms with Crippen LogP contribution in [0.1, 0.15) is 31.7 Å². The van der Waals surface area contributed by atoms with Crippen LogP contribution in [0.3, 0.4) is 0 Å². The van der Waals surface area contributed by atoms with E-state index >= 15 is 0 Å². The van der Waals surface area contributed by atoms with Crippen molar-refractivity contribution in [1.82, 2.24) is 14.5 Å². The average Bonchev–Trinajstić information content (AvgIpc) is 2.91. The van der Waals surface area contributed by atoms with Crippen LogP contribution in [0.25, 0.3) is 11.0 Å². The number of aromatic amines is 1. The predicted octanol–water partition coefficient (Wildman–Crippen LogP) is 3.45. The summed E-state index contributed by atoms with van der Waals surface area (Å²) < 4.78 is 7.32. The van der Waals surface area contributed by atoms with Crippen molar-refractivity contribution < 1.29 is 4.74 Å². The number of nitrogens with one attached hydrogen (secondary N) is 1. The number of halogens is 2. The molecular formula is C17H21Cl2N3O2. The summed E-state index contributed by atoms with van der Waals surface area (Å²) in [5.41, 5.74) is 1.52. The number of nitrogens with zero attached hydrogens (tertiary/aromatic N) is 2. The topological polar surface area (TPSA) is 50.3 Å². The van der Waals surface area contributed by atoms with Crippen molar-refractivity contribution >= 4 is 34.2 Å². The van der Waals surface area contributed by atoms with Gasteiger partial charge in [-0.3, -0.25) is 4.57 Å². The smallest absolute Gasteiger partial charge is 0.326 e. The maximum Gasteiger partial charge on any atom is 0.326 e. The van der Waals surface area contributed by atoms with Crippen LogP contribution in [0.5, 0.6) is 0 Å². The van der Waals surface area contributed by atoms with Gasteiger partial charge in [-0.2, -0.15) is 0 Å². The van der Waals surface area contributed by atoms with Gasteiger partial charge in [-0.15, -0.1) is 0 Å². The summed E-state index contributed by atoms with van der Waals surface area (Å²) in [6.45, 7) is 3.78. The van der Waals surface area contributed by atoms with Crippen LogP contribution in [0.15, 0.2) is 16.9 Å². The molecule has 4 rings (SSSR count). The minimum atomic E-state index is -0.0761. The minimum Gasteiger partial charge on any atom is -0.381 e. The van der Waals surface area contributed by atoms with Crippen LogP contribution in [0.4, 0.5) is 0 Å². The number of ether oxygens (including phenoxy) is 1. The predicted molar refractivity (Wildman–Crippen MR) is 96.3 cm³/mol. The molecular weight excluding hydrogens is 349 g/mol. The van der Waals surface area contributed by atoms with E-state index in [0.717, 1.165) is 63.0 Å². The number of benzene rings is 1. The van der Waals surface area contributed by atoms with E-state index in [1.54, 1.807) is 12.1 Å². The maximum absolute atomic E-state index is 12.4. The molecule has 2 aliphatic heterocycles. The Kier molecular flexibility index (Phi) is 4.60. The van der Waals surface area contributed by atoms with Crippen molar-refractivity contribution in [3.8, 4) is 0 Å². The molecule has 5 nitrogen and oxygen atoms in total. The van der Waals surface area contributed by atoms with Gasteiger partial charge in [0, 0.05) is 38.4 Å². The molecule has 2 saturated heterocycles. The molecule has 0 amide bonds. The highest BCUT2D eigenvalue weighted by atomic mass is 35.5. The first-order chi connectivity index (χ1) is 11.6. The number of H-pyrrole nitrogens is 1. The number of likely N-dealkylation sites (tertiary alicyclic amines) is 1. The molecule has 1 aromatic carbocycles. The van der Waals surface area contributed by atoms with Gasteiger partial charge in [-0.1, -0.05) is 23.2 Å². The highest BCUT2D eigenvalue weighted by Gasteiger charge is 2.28. The standard InChI is InChI=1S/C17H21Cl2N3O2/c18-13-9-15-16(10-14(13)19)22(17(23)20-15)12-1-5-21(6-2-12)11-3-7-24-8-4-11/h9-12H,1-8H2,(H,20,23). The number of aromatic nitrogens is 2. The zero-order valence-electron chi connectivity index (χ0n) is 13.4. The summed E-state index contributed by atoms with van der Waals surface area (Å²) in [7, 11) is 0. The molecule has 0 unspecified atom stereocenters. The van der Waals surface area contributed by atoms with E-state index < -0.39 is 0 Å². The van der Waals surface area contributed by atoms with Gasteiger partial charge < -0.3 is 14.6 Å². The molecule has 24 heavy (non-hydrogen) atoms. The van der Waals surface area contributed by atoms with E-state index in [0.29, 0.717) is 16.1 Å². The highest BCUT2D eigenvalue weighted by molar-refractivity contribution is 6.42. The lowest BCUT2D eigenvalue weighted by Gasteiger charge is -2.39. The largest absolute Gasteiger partial charge is 0.381 e. The normalized spacial score (nSPS) is 21.6. The van der Waals surface area contributed by atoms with E-state index in [4.69, 9.17) is 27.9 Å². The zero-order chi connectivity index (χ0) is 16.7. The molecule has 1 aromatic heterocycles. The molecule has 130 valence electrons. The second kappa shape index (κ2) is 6.71. The van der Waals surface area contributed by atoms with E-state index in [1.165, 1.54) is 0 Å². The van der Waals surface area contributed by atoms with Crippen molar-refractivity contribution in [1.29, 1.82) is 0 Å². The first-order valence-electron chi connectivity index (χ1n) is 8.54. The van der Waals surface area contributed by atoms with E-state index in [1.807, 2.05) is 4.57 Å². The third-order valence-electron chi connectivity index (χ3n) is 5.33. The molecule has 2 aliphatic rings. The van der Waals surface area contributed by atoms with Gasteiger partial charge in [-0.25, -0.2) is 4.79 Å². The molecule has 7 heteroatoms. The molecule has 2 aromatic rings. The lowest BCUT2D eigenvalue weighted by atomic mass is 9.99. The third-order valence-corrected chi connectivity index (χ3v) is 6.05. The van der Waals surface area contributed by atoms with E-state index in [-0.39, 0.29) is 11.7 Å². The lowest BCUT2D eigenvalue weighted by Crippen LogP contribution is -2.45. The summed E-state index contributed by atoms with van der Waals surface area (Å²) in [4.78, 5) is 17.9. The summed E-state index contributed by atoms with van der Waals surface area (Å²) in [5.74, 6) is 0. The first kappa shape index (κ1) is 16.5. The Hall–Kier alpha value is -1.01. The fraction of sp³-hybridized carbons (Fsp3) is 0.588. The summed E-state index contributed by atoms with van der Waals surface area (Å²) in [6.07, 6.45) is 4.19. The van der Waals surface area contributed by atoms with Crippen molar-refractivity contribution in [3.63, 3.8) is 0 Å². The molecule has 0 spiro atoms. The fourth-order valence-electron chi connectivity index (χ4n) is 4.04. The first-order valence-corrected chi connectivity index (χ1v) is 9.30. The zero-order valence-corrected chi connectivity index (χ0v) is 14.9. The Morgan fingerprint density at radius 3 is 2.38 bits per heavy atom. The van der Waals surface area contributed by atoms with Crippen LogP contribution < -0.4 is 5.69 Å². The molecule has 2 fully saturated rings. The van der Waals surface area contributed by atoms with Crippen LogP contribution in [-0.4, -0.2) is 46.8 Å². The number of fused-ring (bicyclic) bond motifs is 1. The van der Waals surface area contributed by atoms with Gasteiger partial charge in [0.1, 0.15) is 0 Å². The minimum absolute atomic E-state index is 0.0761. The number of piperidine rings is 1. The number of hydrogen-bond acceptors (Lipinski definition) is 3. The molecule has 1 N–H and O–H groups in total. The van der Waals surface area contributed by atoms with Crippen molar-refractivity contribution in [2.45, 2.75) is 37.8 Å². The van der Waals surface area contributed by atoms with Gasteiger partial charge in [0.15, 0.2) is 0 Å². The summed E-state index contributed by atoms with van der Waals surface area (Å²) in [6, 6.07) is 4.36. The third kappa shape index (κ3) is 2.99. The second-order valence-electron chi connectivity index (χ2n) is 6.69. The Balaban J connectivity index is 1.55. The Morgan fingerprint density at radius 2 is 1.67 bits per heavy atom. The van der Waals surface area contributed by atoms with E-state index in [9.17, 15) is 4.79 Å². The second-order valence-corrected chi connectivity index (χ2v) is 7.51. The van der Waals surface area contributed by atoms with Gasteiger partial charge in [0.25, 0.3) is 0 Å². The van der Waals surface area contributed by atoms with Gasteiger partial charge in [-0.05, 0) is 37.8 Å². The quantitative estimate of drug-likeness (QED) is 0.881. The number of rotatable bonds is 2. The van der Waals surface area contributed by atoms with Gasteiger partial charge >= 0.3 is 5.69 Å². The maximum atomic E-state index is 12.4. The number of imidazole rings is 1.